The number of hydrogen-bond donors (Lipinski definition) is 1. The first-order valence-corrected chi connectivity index (χ1v) is 11.2. The monoisotopic (exact) mass is 481 g/mol. The molecule has 0 spiro atoms. The Labute approximate surface area is 198 Å². The average molecular weight is 482 g/mol. The molecule has 4 rings (SSSR count). The van der Waals surface area contributed by atoms with Gasteiger partial charge >= 0.3 is 5.97 Å². The summed E-state index contributed by atoms with van der Waals surface area (Å²) in [6.45, 7) is 1.54. The first kappa shape index (κ1) is 23.2. The zero-order valence-corrected chi connectivity index (χ0v) is 18.9. The molecular weight excluding hydrogens is 461 g/mol. The molecule has 1 aromatic heterocycles. The fourth-order valence-corrected chi connectivity index (χ4v) is 4.35. The third-order valence-electron chi connectivity index (χ3n) is 5.01. The third-order valence-corrected chi connectivity index (χ3v) is 5.92. The number of anilines is 1. The van der Waals surface area contributed by atoms with Crippen LogP contribution in [0.2, 0.25) is 0 Å². The maximum atomic E-state index is 13.0. The standard InChI is InChI=1S/C24H20FN3O5S/c1-2-33-22(30)14-27-12-15(18-5-3-4-6-19(18)27)11-20-23(31)28(24(32)34-20)13-21(29)26-17-9-7-16(25)8-10-17/h3-12H,2,13-14H2,1H3,(H,26,29)/b20-11-. The highest BCUT2D eigenvalue weighted by atomic mass is 32.2. The van der Waals surface area contributed by atoms with Gasteiger partial charge in [-0.2, -0.15) is 0 Å². The number of carbonyl (C=O) groups excluding carboxylic acids is 4. The lowest BCUT2D eigenvalue weighted by Crippen LogP contribution is -2.36. The van der Waals surface area contributed by atoms with E-state index in [9.17, 15) is 23.6 Å². The molecule has 2 aromatic carbocycles. The van der Waals surface area contributed by atoms with Gasteiger partial charge in [0.1, 0.15) is 18.9 Å². The van der Waals surface area contributed by atoms with Crippen LogP contribution in [0.1, 0.15) is 12.5 Å². The van der Waals surface area contributed by atoms with Gasteiger partial charge in [-0.3, -0.25) is 24.1 Å². The molecule has 2 heterocycles. The topological polar surface area (TPSA) is 97.7 Å². The number of fused-ring (bicyclic) bond motifs is 1. The Bertz CT molecular complexity index is 1320. The maximum Gasteiger partial charge on any atom is 0.325 e. The zero-order valence-electron chi connectivity index (χ0n) is 18.1. The number of aromatic nitrogens is 1. The van der Waals surface area contributed by atoms with E-state index >= 15 is 0 Å². The molecule has 1 saturated heterocycles. The van der Waals surface area contributed by atoms with Crippen LogP contribution in [0.3, 0.4) is 0 Å². The van der Waals surface area contributed by atoms with Crippen LogP contribution in [-0.2, 0) is 25.7 Å². The van der Waals surface area contributed by atoms with Gasteiger partial charge in [-0.25, -0.2) is 4.39 Å². The van der Waals surface area contributed by atoms with Crippen molar-refractivity contribution in [1.29, 1.82) is 0 Å². The van der Waals surface area contributed by atoms with Gasteiger partial charge in [-0.1, -0.05) is 18.2 Å². The number of imide groups is 1. The largest absolute Gasteiger partial charge is 0.465 e. The Morgan fingerprint density at radius 1 is 1.09 bits per heavy atom. The maximum absolute atomic E-state index is 13.0. The fraction of sp³-hybridized carbons (Fsp3) is 0.167. The molecule has 10 heteroatoms. The predicted molar refractivity (Wildman–Crippen MR) is 126 cm³/mol. The highest BCUT2D eigenvalue weighted by Gasteiger charge is 2.36. The minimum Gasteiger partial charge on any atom is -0.465 e. The number of esters is 1. The SMILES string of the molecule is CCOC(=O)Cn1cc(/C=C2\SC(=O)N(CC(=O)Nc3ccc(F)cc3)C2=O)c2ccccc21. The molecular formula is C24H20FN3O5S. The number of halogens is 1. The Morgan fingerprint density at radius 3 is 2.56 bits per heavy atom. The number of nitrogens with zero attached hydrogens (tertiary/aromatic N) is 2. The minimum atomic E-state index is -0.591. The van der Waals surface area contributed by atoms with Gasteiger partial charge in [-0.15, -0.1) is 0 Å². The summed E-state index contributed by atoms with van der Waals surface area (Å²) in [5.74, 6) is -2.01. The Morgan fingerprint density at radius 2 is 1.82 bits per heavy atom. The zero-order chi connectivity index (χ0) is 24.2. The first-order chi connectivity index (χ1) is 16.4. The number of benzene rings is 2. The highest BCUT2D eigenvalue weighted by Crippen LogP contribution is 2.34. The number of amides is 3. The average Bonchev–Trinajstić information content (AvgIpc) is 3.27. The molecule has 0 unspecified atom stereocenters. The van der Waals surface area contributed by atoms with Crippen LogP contribution < -0.4 is 5.32 Å². The van der Waals surface area contributed by atoms with Crippen molar-refractivity contribution in [2.24, 2.45) is 0 Å². The highest BCUT2D eigenvalue weighted by molar-refractivity contribution is 8.18. The second-order valence-electron chi connectivity index (χ2n) is 7.36. The summed E-state index contributed by atoms with van der Waals surface area (Å²) in [6.07, 6.45) is 3.30. The van der Waals surface area contributed by atoms with Crippen molar-refractivity contribution in [2.45, 2.75) is 13.5 Å². The lowest BCUT2D eigenvalue weighted by atomic mass is 10.1. The summed E-state index contributed by atoms with van der Waals surface area (Å²) in [6, 6.07) is 12.5. The van der Waals surface area contributed by atoms with Crippen molar-refractivity contribution in [3.05, 3.63) is 71.0 Å². The van der Waals surface area contributed by atoms with Crippen molar-refractivity contribution in [3.63, 3.8) is 0 Å². The van der Waals surface area contributed by atoms with Crippen molar-refractivity contribution >= 4 is 57.5 Å². The number of thioether (sulfide) groups is 1. The van der Waals surface area contributed by atoms with Gasteiger partial charge in [0.05, 0.1) is 11.5 Å². The van der Waals surface area contributed by atoms with E-state index in [1.807, 2.05) is 24.3 Å². The van der Waals surface area contributed by atoms with Crippen molar-refractivity contribution in [2.75, 3.05) is 18.5 Å². The van der Waals surface area contributed by atoms with E-state index in [4.69, 9.17) is 4.74 Å². The summed E-state index contributed by atoms with van der Waals surface area (Å²) in [4.78, 5) is 50.6. The van der Waals surface area contributed by atoms with Gasteiger partial charge in [-0.05, 0) is 55.1 Å². The Balaban J connectivity index is 1.53. The summed E-state index contributed by atoms with van der Waals surface area (Å²) >= 11 is 0.735. The van der Waals surface area contributed by atoms with Crippen LogP contribution >= 0.6 is 11.8 Å². The predicted octanol–water partition coefficient (Wildman–Crippen LogP) is 4.02. The lowest BCUT2D eigenvalue weighted by Gasteiger charge is -2.12. The van der Waals surface area contributed by atoms with Crippen LogP contribution in [-0.4, -0.2) is 45.6 Å². The lowest BCUT2D eigenvalue weighted by molar-refractivity contribution is -0.143. The molecule has 1 aliphatic heterocycles. The summed E-state index contributed by atoms with van der Waals surface area (Å²) in [7, 11) is 0. The molecule has 0 aliphatic carbocycles. The fourth-order valence-electron chi connectivity index (χ4n) is 3.52. The number of para-hydroxylation sites is 1. The van der Waals surface area contributed by atoms with Crippen molar-refractivity contribution in [3.8, 4) is 0 Å². The van der Waals surface area contributed by atoms with Gasteiger partial charge in [0.15, 0.2) is 0 Å². The number of hydrogen-bond acceptors (Lipinski definition) is 6. The van der Waals surface area contributed by atoms with E-state index in [1.54, 1.807) is 23.8 Å². The van der Waals surface area contributed by atoms with E-state index in [2.05, 4.69) is 5.32 Å². The van der Waals surface area contributed by atoms with Crippen LogP contribution in [0, 0.1) is 5.82 Å². The minimum absolute atomic E-state index is 0.00717. The first-order valence-electron chi connectivity index (χ1n) is 10.4. The number of nitrogens with one attached hydrogen (secondary N) is 1. The second kappa shape index (κ2) is 9.92. The molecule has 1 aliphatic rings. The number of ether oxygens (including phenoxy) is 1. The molecule has 0 radical (unpaired) electrons. The molecule has 1 fully saturated rings. The summed E-state index contributed by atoms with van der Waals surface area (Å²) < 4.78 is 19.8. The summed E-state index contributed by atoms with van der Waals surface area (Å²) in [5.41, 5.74) is 1.78. The molecule has 3 aromatic rings. The number of carbonyl (C=O) groups is 4. The molecule has 34 heavy (non-hydrogen) atoms. The van der Waals surface area contributed by atoms with E-state index in [0.29, 0.717) is 11.3 Å². The molecule has 0 bridgehead atoms. The van der Waals surface area contributed by atoms with E-state index in [-0.39, 0.29) is 24.0 Å². The van der Waals surface area contributed by atoms with E-state index in [0.717, 1.165) is 27.6 Å². The summed E-state index contributed by atoms with van der Waals surface area (Å²) in [5, 5.41) is 2.76. The second-order valence-corrected chi connectivity index (χ2v) is 8.35. The van der Waals surface area contributed by atoms with Gasteiger partial charge < -0.3 is 14.6 Å². The van der Waals surface area contributed by atoms with Crippen LogP contribution in [0.4, 0.5) is 14.9 Å². The number of rotatable bonds is 7. The van der Waals surface area contributed by atoms with Crippen LogP contribution in [0.15, 0.2) is 59.6 Å². The van der Waals surface area contributed by atoms with Crippen LogP contribution in [0.25, 0.3) is 17.0 Å². The van der Waals surface area contributed by atoms with E-state index in [1.165, 1.54) is 24.3 Å². The van der Waals surface area contributed by atoms with Crippen molar-refractivity contribution in [1.82, 2.24) is 9.47 Å². The normalized spacial score (nSPS) is 14.8. The molecule has 0 saturated carbocycles. The van der Waals surface area contributed by atoms with Crippen LogP contribution in [0.5, 0.6) is 0 Å². The molecule has 174 valence electrons. The third kappa shape index (κ3) is 5.01. The molecule has 0 atom stereocenters. The van der Waals surface area contributed by atoms with Gasteiger partial charge in [0, 0.05) is 28.4 Å². The van der Waals surface area contributed by atoms with Gasteiger partial charge in [0.2, 0.25) is 5.91 Å². The molecule has 8 nitrogen and oxygen atoms in total. The van der Waals surface area contributed by atoms with Gasteiger partial charge in [0.25, 0.3) is 11.1 Å². The van der Waals surface area contributed by atoms with Crippen molar-refractivity contribution < 1.29 is 28.3 Å². The Hall–Kier alpha value is -3.92. The Kier molecular flexibility index (Phi) is 6.78. The molecule has 3 amide bonds. The molecule has 1 N–H and O–H groups in total. The smallest absolute Gasteiger partial charge is 0.325 e. The quantitative estimate of drug-likeness (QED) is 0.404. The van der Waals surface area contributed by atoms with E-state index < -0.39 is 29.4 Å².